The lowest BCUT2D eigenvalue weighted by molar-refractivity contribution is -0.117. The summed E-state index contributed by atoms with van der Waals surface area (Å²) in [6.07, 6.45) is -0.00588. The van der Waals surface area contributed by atoms with Crippen LogP contribution >= 0.6 is 0 Å². The third kappa shape index (κ3) is 6.12. The summed E-state index contributed by atoms with van der Waals surface area (Å²) in [5.41, 5.74) is 5.65. The van der Waals surface area contributed by atoms with Crippen LogP contribution in [0.4, 0.5) is 5.69 Å². The van der Waals surface area contributed by atoms with Gasteiger partial charge in [-0.15, -0.1) is 0 Å². The van der Waals surface area contributed by atoms with Crippen molar-refractivity contribution >= 4 is 33.4 Å². The highest BCUT2D eigenvalue weighted by Crippen LogP contribution is 2.20. The van der Waals surface area contributed by atoms with Gasteiger partial charge in [0.25, 0.3) is 11.8 Å². The fourth-order valence-electron chi connectivity index (χ4n) is 2.89. The fourth-order valence-corrected chi connectivity index (χ4v) is 4.39. The predicted octanol–water partition coefficient (Wildman–Crippen LogP) is 1.57. The van der Waals surface area contributed by atoms with Gasteiger partial charge in [0.2, 0.25) is 15.9 Å². The number of nitrogens with zero attached hydrogens (tertiary/aromatic N) is 1. The van der Waals surface area contributed by atoms with E-state index in [1.54, 1.807) is 32.0 Å². The van der Waals surface area contributed by atoms with Gasteiger partial charge >= 0.3 is 0 Å². The molecule has 2 aromatic rings. The Hall–Kier alpha value is -3.24. The molecule has 166 valence electrons. The Morgan fingerprint density at radius 3 is 2.29 bits per heavy atom. The number of hydrogen-bond acceptors (Lipinski definition) is 5. The number of nitrogens with one attached hydrogen (secondary N) is 2. The van der Waals surface area contributed by atoms with Crippen molar-refractivity contribution in [2.24, 2.45) is 5.73 Å². The number of hydrogen-bond donors (Lipinski definition) is 3. The third-order valence-corrected chi connectivity index (χ3v) is 6.56. The molecule has 9 nitrogen and oxygen atoms in total. The minimum absolute atomic E-state index is 0.00588. The van der Waals surface area contributed by atoms with Crippen LogP contribution in [0.5, 0.6) is 0 Å². The van der Waals surface area contributed by atoms with Crippen LogP contribution in [0.2, 0.25) is 0 Å². The highest BCUT2D eigenvalue weighted by Gasteiger charge is 2.23. The Bertz CT molecular complexity index is 1060. The second kappa shape index (κ2) is 10.7. The van der Waals surface area contributed by atoms with Crippen molar-refractivity contribution in [1.82, 2.24) is 9.62 Å². The zero-order valence-corrected chi connectivity index (χ0v) is 18.2. The normalized spacial score (nSPS) is 11.2. The molecule has 0 heterocycles. The molecule has 3 amide bonds. The number of nitrogens with two attached hydrogens (primary N) is 1. The van der Waals surface area contributed by atoms with E-state index in [1.807, 2.05) is 0 Å². The van der Waals surface area contributed by atoms with Gasteiger partial charge in [-0.2, -0.15) is 4.31 Å². The van der Waals surface area contributed by atoms with Crippen molar-refractivity contribution in [3.8, 4) is 0 Å². The van der Waals surface area contributed by atoms with Gasteiger partial charge in [0.15, 0.2) is 0 Å². The quantitative estimate of drug-likeness (QED) is 0.508. The highest BCUT2D eigenvalue weighted by molar-refractivity contribution is 7.89. The summed E-state index contributed by atoms with van der Waals surface area (Å²) in [5.74, 6) is -1.58. The number of sulfonamides is 1. The van der Waals surface area contributed by atoms with Gasteiger partial charge in [-0.3, -0.25) is 14.4 Å². The smallest absolute Gasteiger partial charge is 0.255 e. The molecule has 2 rings (SSSR count). The Morgan fingerprint density at radius 2 is 1.65 bits per heavy atom. The molecule has 0 saturated heterocycles. The van der Waals surface area contributed by atoms with Crippen LogP contribution in [0.1, 0.15) is 41.0 Å². The average Bonchev–Trinajstić information content (AvgIpc) is 2.74. The molecule has 0 aliphatic rings. The molecule has 0 aromatic heterocycles. The Morgan fingerprint density at radius 1 is 0.968 bits per heavy atom. The molecule has 4 N–H and O–H groups in total. The van der Waals surface area contributed by atoms with Crippen molar-refractivity contribution < 1.29 is 22.8 Å². The second-order valence-corrected chi connectivity index (χ2v) is 8.53. The number of para-hydroxylation sites is 1. The topological polar surface area (TPSA) is 139 Å². The molecule has 31 heavy (non-hydrogen) atoms. The minimum Gasteiger partial charge on any atom is -0.370 e. The van der Waals surface area contributed by atoms with Crippen molar-refractivity contribution in [2.45, 2.75) is 25.2 Å². The lowest BCUT2D eigenvalue weighted by atomic mass is 10.1. The largest absolute Gasteiger partial charge is 0.370 e. The molecule has 0 saturated carbocycles. The van der Waals surface area contributed by atoms with Crippen LogP contribution in [-0.2, 0) is 14.8 Å². The number of benzene rings is 2. The standard InChI is InChI=1S/C21H26N4O5S/c1-3-25(4-2)31(29,30)16-9-7-8-15(14-16)20(27)24-18-11-6-5-10-17(18)21(28)23-13-12-19(22)26/h5-11,14H,3-4,12-13H2,1-2H3,(H2,22,26)(H,23,28)(H,24,27). The Labute approximate surface area is 181 Å². The summed E-state index contributed by atoms with van der Waals surface area (Å²) in [6, 6.07) is 12.1. The van der Waals surface area contributed by atoms with E-state index in [-0.39, 0.29) is 34.7 Å². The highest BCUT2D eigenvalue weighted by atomic mass is 32.2. The summed E-state index contributed by atoms with van der Waals surface area (Å²) >= 11 is 0. The maximum Gasteiger partial charge on any atom is 0.255 e. The number of amides is 3. The van der Waals surface area contributed by atoms with E-state index >= 15 is 0 Å². The maximum absolute atomic E-state index is 12.8. The minimum atomic E-state index is -3.72. The van der Waals surface area contributed by atoms with Gasteiger partial charge in [0.05, 0.1) is 16.1 Å². The van der Waals surface area contributed by atoms with Crippen LogP contribution in [0.3, 0.4) is 0 Å². The maximum atomic E-state index is 12.8. The first-order valence-electron chi connectivity index (χ1n) is 9.77. The van der Waals surface area contributed by atoms with Gasteiger partial charge < -0.3 is 16.4 Å². The second-order valence-electron chi connectivity index (χ2n) is 6.59. The Balaban J connectivity index is 2.23. The molecule has 0 aliphatic carbocycles. The molecule has 0 spiro atoms. The van der Waals surface area contributed by atoms with E-state index < -0.39 is 27.7 Å². The lowest BCUT2D eigenvalue weighted by Gasteiger charge is -2.18. The summed E-state index contributed by atoms with van der Waals surface area (Å²) in [6.45, 7) is 4.18. The molecule has 0 unspecified atom stereocenters. The van der Waals surface area contributed by atoms with Crippen LogP contribution in [-0.4, -0.2) is 50.1 Å². The molecular formula is C21H26N4O5S. The first kappa shape index (κ1) is 24.0. The molecule has 2 aromatic carbocycles. The fraction of sp³-hybridized carbons (Fsp3) is 0.286. The van der Waals surface area contributed by atoms with Crippen molar-refractivity contribution in [1.29, 1.82) is 0 Å². The number of rotatable bonds is 10. The van der Waals surface area contributed by atoms with Crippen molar-refractivity contribution in [3.05, 3.63) is 59.7 Å². The van der Waals surface area contributed by atoms with Gasteiger partial charge in [-0.05, 0) is 30.3 Å². The molecule has 0 fully saturated rings. The number of carbonyl (C=O) groups excluding carboxylic acids is 3. The first-order chi connectivity index (χ1) is 14.7. The van der Waals surface area contributed by atoms with E-state index in [9.17, 15) is 22.8 Å². The zero-order valence-electron chi connectivity index (χ0n) is 17.4. The molecule has 0 aliphatic heterocycles. The first-order valence-corrected chi connectivity index (χ1v) is 11.2. The molecule has 0 bridgehead atoms. The van der Waals surface area contributed by atoms with Crippen LogP contribution in [0, 0.1) is 0 Å². The van der Waals surface area contributed by atoms with Crippen molar-refractivity contribution in [3.63, 3.8) is 0 Å². The predicted molar refractivity (Wildman–Crippen MR) is 117 cm³/mol. The van der Waals surface area contributed by atoms with Gasteiger partial charge in [-0.25, -0.2) is 8.42 Å². The lowest BCUT2D eigenvalue weighted by Crippen LogP contribution is -2.30. The molecule has 10 heteroatoms. The SMILES string of the molecule is CCN(CC)S(=O)(=O)c1cccc(C(=O)Nc2ccccc2C(=O)NCCC(N)=O)c1. The van der Waals surface area contributed by atoms with Gasteiger partial charge in [-0.1, -0.05) is 32.0 Å². The van der Waals surface area contributed by atoms with E-state index in [0.29, 0.717) is 13.1 Å². The van der Waals surface area contributed by atoms with E-state index in [1.165, 1.54) is 34.6 Å². The number of primary amides is 1. The summed E-state index contributed by atoms with van der Waals surface area (Å²) in [7, 11) is -3.72. The number of anilines is 1. The van der Waals surface area contributed by atoms with Crippen molar-refractivity contribution in [2.75, 3.05) is 25.0 Å². The summed E-state index contributed by atoms with van der Waals surface area (Å²) < 4.78 is 26.8. The van der Waals surface area contributed by atoms with Crippen LogP contribution in [0.15, 0.2) is 53.4 Å². The molecular weight excluding hydrogens is 420 g/mol. The Kier molecular flexibility index (Phi) is 8.29. The van der Waals surface area contributed by atoms with Gasteiger partial charge in [0.1, 0.15) is 0 Å². The van der Waals surface area contributed by atoms with E-state index in [0.717, 1.165) is 0 Å². The average molecular weight is 447 g/mol. The van der Waals surface area contributed by atoms with Crippen LogP contribution in [0.25, 0.3) is 0 Å². The van der Waals surface area contributed by atoms with E-state index in [4.69, 9.17) is 5.73 Å². The zero-order chi connectivity index (χ0) is 23.0. The van der Waals surface area contributed by atoms with E-state index in [2.05, 4.69) is 10.6 Å². The van der Waals surface area contributed by atoms with Crippen LogP contribution < -0.4 is 16.4 Å². The third-order valence-electron chi connectivity index (χ3n) is 4.52. The molecule has 0 atom stereocenters. The number of carbonyl (C=O) groups is 3. The summed E-state index contributed by atoms with van der Waals surface area (Å²) in [5, 5.41) is 5.21. The monoisotopic (exact) mass is 446 g/mol. The molecule has 0 radical (unpaired) electrons. The van der Waals surface area contributed by atoms with Gasteiger partial charge in [0, 0.05) is 31.6 Å². The summed E-state index contributed by atoms with van der Waals surface area (Å²) in [4.78, 5) is 36.0.